The van der Waals surface area contributed by atoms with Crippen LogP contribution in [0.15, 0.2) is 60.8 Å². The Labute approximate surface area is 125 Å². The van der Waals surface area contributed by atoms with Gasteiger partial charge in [-0.05, 0) is 17.7 Å². The van der Waals surface area contributed by atoms with Crippen LogP contribution < -0.4 is 0 Å². The molecular formula is C17H13F2NO2. The predicted octanol–water partition coefficient (Wildman–Crippen LogP) is 4.76. The van der Waals surface area contributed by atoms with E-state index in [2.05, 4.69) is 0 Å². The van der Waals surface area contributed by atoms with Gasteiger partial charge in [-0.25, -0.2) is 13.6 Å². The van der Waals surface area contributed by atoms with Gasteiger partial charge in [0.15, 0.2) is 0 Å². The van der Waals surface area contributed by atoms with Crippen molar-refractivity contribution in [2.24, 2.45) is 0 Å². The first-order chi connectivity index (χ1) is 10.7. The average molecular weight is 301 g/mol. The topological polar surface area (TPSA) is 31.2 Å². The Hall–Kier alpha value is -2.69. The van der Waals surface area contributed by atoms with E-state index < -0.39 is 12.5 Å². The molecule has 3 aromatic rings. The molecule has 0 fully saturated rings. The molecule has 22 heavy (non-hydrogen) atoms. The first-order valence-corrected chi connectivity index (χ1v) is 6.76. The van der Waals surface area contributed by atoms with Crippen molar-refractivity contribution in [3.8, 4) is 0 Å². The summed E-state index contributed by atoms with van der Waals surface area (Å²) in [4.78, 5) is 12.1. The van der Waals surface area contributed by atoms with Crippen LogP contribution in [0.2, 0.25) is 0 Å². The number of rotatable bonds is 3. The lowest BCUT2D eigenvalue weighted by Crippen LogP contribution is -2.12. The molecule has 0 atom stereocenters. The lowest BCUT2D eigenvalue weighted by molar-refractivity contribution is 0.142. The second kappa shape index (κ2) is 5.97. The van der Waals surface area contributed by atoms with Crippen LogP contribution in [0.3, 0.4) is 0 Å². The van der Waals surface area contributed by atoms with Gasteiger partial charge in [-0.15, -0.1) is 0 Å². The van der Waals surface area contributed by atoms with E-state index in [1.807, 2.05) is 30.3 Å². The summed E-state index contributed by atoms with van der Waals surface area (Å²) in [6, 6.07) is 15.2. The Balaban J connectivity index is 1.84. The van der Waals surface area contributed by atoms with Crippen molar-refractivity contribution in [3.05, 3.63) is 71.9 Å². The van der Waals surface area contributed by atoms with Gasteiger partial charge in [0.2, 0.25) is 0 Å². The molecule has 3 rings (SSSR count). The smallest absolute Gasteiger partial charge is 0.418 e. The summed E-state index contributed by atoms with van der Waals surface area (Å²) >= 11 is 0. The third kappa shape index (κ3) is 2.70. The Morgan fingerprint density at radius 1 is 1.05 bits per heavy atom. The second-order valence-electron chi connectivity index (χ2n) is 4.81. The van der Waals surface area contributed by atoms with Gasteiger partial charge in [-0.2, -0.15) is 0 Å². The largest absolute Gasteiger partial charge is 0.444 e. The molecule has 0 saturated heterocycles. The van der Waals surface area contributed by atoms with Crippen LogP contribution in [0.25, 0.3) is 10.9 Å². The molecule has 0 N–H and O–H groups in total. The second-order valence-corrected chi connectivity index (χ2v) is 4.81. The van der Waals surface area contributed by atoms with Gasteiger partial charge < -0.3 is 4.74 Å². The first-order valence-electron chi connectivity index (χ1n) is 6.76. The van der Waals surface area contributed by atoms with Gasteiger partial charge in [-0.1, -0.05) is 42.5 Å². The molecule has 0 unspecified atom stereocenters. The summed E-state index contributed by atoms with van der Waals surface area (Å²) in [6.45, 7) is 0.133. The van der Waals surface area contributed by atoms with Gasteiger partial charge in [0.25, 0.3) is 6.43 Å². The third-order valence-corrected chi connectivity index (χ3v) is 3.40. The fourth-order valence-electron chi connectivity index (χ4n) is 2.33. The minimum atomic E-state index is -2.58. The van der Waals surface area contributed by atoms with Crippen molar-refractivity contribution in [1.29, 1.82) is 0 Å². The predicted molar refractivity (Wildman–Crippen MR) is 78.9 cm³/mol. The minimum Gasteiger partial charge on any atom is -0.444 e. The molecule has 0 aliphatic heterocycles. The summed E-state index contributed by atoms with van der Waals surface area (Å²) in [5, 5.41) is 0.356. The van der Waals surface area contributed by atoms with Crippen LogP contribution in [0.4, 0.5) is 13.6 Å². The highest BCUT2D eigenvalue weighted by atomic mass is 19.3. The number of carbonyl (C=O) groups excluding carboxylic acids is 1. The maximum Gasteiger partial charge on any atom is 0.418 e. The molecule has 1 aromatic heterocycles. The number of carbonyl (C=O) groups is 1. The van der Waals surface area contributed by atoms with E-state index in [9.17, 15) is 13.6 Å². The number of hydrogen-bond acceptors (Lipinski definition) is 2. The molecular weight excluding hydrogens is 288 g/mol. The highest BCUT2D eigenvalue weighted by molar-refractivity contribution is 5.91. The van der Waals surface area contributed by atoms with Crippen LogP contribution in [-0.2, 0) is 11.3 Å². The van der Waals surface area contributed by atoms with Gasteiger partial charge in [0.1, 0.15) is 6.61 Å². The maximum absolute atomic E-state index is 13.0. The molecule has 0 bridgehead atoms. The molecule has 112 valence electrons. The van der Waals surface area contributed by atoms with E-state index in [4.69, 9.17) is 4.74 Å². The highest BCUT2D eigenvalue weighted by Gasteiger charge is 2.16. The highest BCUT2D eigenvalue weighted by Crippen LogP contribution is 2.28. The van der Waals surface area contributed by atoms with Crippen molar-refractivity contribution in [2.75, 3.05) is 0 Å². The van der Waals surface area contributed by atoms with Gasteiger partial charge in [-0.3, -0.25) is 4.57 Å². The number of aromatic nitrogens is 1. The molecule has 5 heteroatoms. The molecule has 3 nitrogen and oxygen atoms in total. The average Bonchev–Trinajstić information content (AvgIpc) is 2.97. The van der Waals surface area contributed by atoms with Crippen LogP contribution in [0, 0.1) is 0 Å². The Morgan fingerprint density at radius 2 is 1.82 bits per heavy atom. The van der Waals surface area contributed by atoms with Gasteiger partial charge in [0.05, 0.1) is 5.52 Å². The number of halogens is 2. The zero-order valence-corrected chi connectivity index (χ0v) is 11.6. The van der Waals surface area contributed by atoms with Crippen molar-refractivity contribution in [1.82, 2.24) is 4.57 Å². The van der Waals surface area contributed by atoms with E-state index in [0.29, 0.717) is 10.9 Å². The number of nitrogens with zero attached hydrogens (tertiary/aromatic N) is 1. The standard InChI is InChI=1S/C17H13F2NO2/c18-16(19)14-7-4-8-15-13(14)9-10-20(15)17(21)22-11-12-5-2-1-3-6-12/h1-10,16H,11H2. The number of ether oxygens (including phenoxy) is 1. The van der Waals surface area contributed by atoms with Crippen LogP contribution in [0.5, 0.6) is 0 Å². The Morgan fingerprint density at radius 3 is 2.55 bits per heavy atom. The molecule has 0 spiro atoms. The van der Waals surface area contributed by atoms with Crippen molar-refractivity contribution >= 4 is 17.0 Å². The zero-order valence-electron chi connectivity index (χ0n) is 11.6. The monoisotopic (exact) mass is 301 g/mol. The number of alkyl halides is 2. The third-order valence-electron chi connectivity index (χ3n) is 3.40. The van der Waals surface area contributed by atoms with Gasteiger partial charge >= 0.3 is 6.09 Å². The van der Waals surface area contributed by atoms with Crippen molar-refractivity contribution in [2.45, 2.75) is 13.0 Å². The van der Waals surface area contributed by atoms with E-state index in [-0.39, 0.29) is 12.2 Å². The summed E-state index contributed by atoms with van der Waals surface area (Å²) in [7, 11) is 0. The summed E-state index contributed by atoms with van der Waals surface area (Å²) in [5.41, 5.74) is 1.18. The van der Waals surface area contributed by atoms with E-state index >= 15 is 0 Å². The molecule has 0 aliphatic rings. The lowest BCUT2D eigenvalue weighted by atomic mass is 10.1. The van der Waals surface area contributed by atoms with E-state index in [1.54, 1.807) is 6.07 Å². The first kappa shape index (κ1) is 14.3. The van der Waals surface area contributed by atoms with Crippen molar-refractivity contribution in [3.63, 3.8) is 0 Å². The Bertz CT molecular complexity index is 797. The van der Waals surface area contributed by atoms with E-state index in [1.165, 1.54) is 29.0 Å². The van der Waals surface area contributed by atoms with Crippen LogP contribution in [-0.4, -0.2) is 10.7 Å². The fourth-order valence-corrected chi connectivity index (χ4v) is 2.33. The molecule has 0 radical (unpaired) electrons. The maximum atomic E-state index is 13.0. The normalized spacial score (nSPS) is 11.0. The van der Waals surface area contributed by atoms with Crippen LogP contribution in [0.1, 0.15) is 17.6 Å². The van der Waals surface area contributed by atoms with Crippen LogP contribution >= 0.6 is 0 Å². The minimum absolute atomic E-state index is 0.0906. The number of fused-ring (bicyclic) bond motifs is 1. The summed E-state index contributed by atoms with van der Waals surface area (Å²) in [6.07, 6.45) is -1.73. The number of benzene rings is 2. The molecule has 0 amide bonds. The number of hydrogen-bond donors (Lipinski definition) is 0. The molecule has 0 saturated carbocycles. The zero-order chi connectivity index (χ0) is 15.5. The van der Waals surface area contributed by atoms with E-state index in [0.717, 1.165) is 5.56 Å². The summed E-state index contributed by atoms with van der Waals surface area (Å²) in [5.74, 6) is 0. The molecule has 2 aromatic carbocycles. The quantitative estimate of drug-likeness (QED) is 0.698. The SMILES string of the molecule is O=C(OCc1ccccc1)n1ccc2c(C(F)F)cccc21. The van der Waals surface area contributed by atoms with Crippen molar-refractivity contribution < 1.29 is 18.3 Å². The summed E-state index contributed by atoms with van der Waals surface area (Å²) < 4.78 is 32.4. The lowest BCUT2D eigenvalue weighted by Gasteiger charge is -2.07. The Kier molecular flexibility index (Phi) is 3.87. The fraction of sp³-hybridized carbons (Fsp3) is 0.118. The molecule has 0 aliphatic carbocycles. The molecule has 1 heterocycles. The van der Waals surface area contributed by atoms with Gasteiger partial charge in [0, 0.05) is 17.1 Å².